The fourth-order valence-corrected chi connectivity index (χ4v) is 4.09. The molecule has 0 bridgehead atoms. The Hall–Kier alpha value is -3.39. The van der Waals surface area contributed by atoms with Gasteiger partial charge in [0.15, 0.2) is 5.78 Å². The zero-order valence-corrected chi connectivity index (χ0v) is 16.8. The van der Waals surface area contributed by atoms with Crippen LogP contribution in [0, 0.1) is 11.8 Å². The first-order valence-electron chi connectivity index (χ1n) is 9.29. The Labute approximate surface area is 173 Å². The lowest BCUT2D eigenvalue weighted by atomic mass is 9.73. The molecule has 30 heavy (non-hydrogen) atoms. The summed E-state index contributed by atoms with van der Waals surface area (Å²) in [7, 11) is 4.07. The number of esters is 2. The highest BCUT2D eigenvalue weighted by atomic mass is 16.5. The number of nitrogens with zero attached hydrogens (tertiary/aromatic N) is 1. The molecule has 8 heteroatoms. The van der Waals surface area contributed by atoms with Crippen LogP contribution >= 0.6 is 0 Å². The average Bonchev–Trinajstić information content (AvgIpc) is 2.75. The van der Waals surface area contributed by atoms with E-state index in [0.29, 0.717) is 11.1 Å². The molecular formula is C22H23NO7. The maximum Gasteiger partial charge on any atom is 0.318 e. The molecule has 4 unspecified atom stereocenters. The number of carbonyl (C=O) groups is 3. The predicted octanol–water partition coefficient (Wildman–Crippen LogP) is 1.97. The van der Waals surface area contributed by atoms with Crippen molar-refractivity contribution in [1.82, 2.24) is 4.90 Å². The number of carbonyl (C=O) groups excluding carboxylic acids is 3. The number of likely N-dealkylation sites (tertiary alicyclic amines) is 1. The standard InChI is InChI=1S/C22H23NO7/c1-23-18(12-4-8-14(24)9-5-12)16(21(27)29-2)20(26)17(22(28)30-3)19(23)13-6-10-15(25)11-7-13/h4-11,16-19,24-25H,1-3H3. The molecule has 1 aliphatic rings. The van der Waals surface area contributed by atoms with E-state index in [9.17, 15) is 24.6 Å². The van der Waals surface area contributed by atoms with Gasteiger partial charge in [-0.3, -0.25) is 19.3 Å². The second-order valence-electron chi connectivity index (χ2n) is 7.14. The number of methoxy groups -OCH3 is 2. The Morgan fingerprint density at radius 3 is 1.40 bits per heavy atom. The van der Waals surface area contributed by atoms with E-state index >= 15 is 0 Å². The number of ether oxygens (including phenoxy) is 2. The molecule has 1 aliphatic heterocycles. The Balaban J connectivity index is 2.18. The van der Waals surface area contributed by atoms with Gasteiger partial charge in [0.25, 0.3) is 0 Å². The van der Waals surface area contributed by atoms with E-state index in [1.54, 1.807) is 36.2 Å². The Morgan fingerprint density at radius 1 is 0.767 bits per heavy atom. The van der Waals surface area contributed by atoms with Crippen molar-refractivity contribution in [3.63, 3.8) is 0 Å². The number of rotatable bonds is 4. The average molecular weight is 413 g/mol. The summed E-state index contributed by atoms with van der Waals surface area (Å²) in [5.41, 5.74) is 1.21. The molecule has 158 valence electrons. The molecule has 1 saturated heterocycles. The molecule has 0 amide bonds. The van der Waals surface area contributed by atoms with Gasteiger partial charge >= 0.3 is 11.9 Å². The molecule has 0 aromatic heterocycles. The zero-order valence-electron chi connectivity index (χ0n) is 16.8. The molecule has 1 heterocycles. The summed E-state index contributed by atoms with van der Waals surface area (Å²) in [6, 6.07) is 10.8. The summed E-state index contributed by atoms with van der Waals surface area (Å²) in [6.07, 6.45) is 0. The first-order chi connectivity index (χ1) is 14.3. The minimum absolute atomic E-state index is 0.0423. The normalized spacial score (nSPS) is 24.3. The maximum absolute atomic E-state index is 13.4. The van der Waals surface area contributed by atoms with Crippen LogP contribution < -0.4 is 0 Å². The lowest BCUT2D eigenvalue weighted by molar-refractivity contribution is -0.167. The van der Waals surface area contributed by atoms with Crippen LogP contribution in [0.15, 0.2) is 48.5 Å². The van der Waals surface area contributed by atoms with Crippen molar-refractivity contribution in [2.75, 3.05) is 21.3 Å². The van der Waals surface area contributed by atoms with Crippen molar-refractivity contribution in [3.8, 4) is 11.5 Å². The molecular weight excluding hydrogens is 390 g/mol. The van der Waals surface area contributed by atoms with Crippen molar-refractivity contribution in [2.45, 2.75) is 12.1 Å². The smallest absolute Gasteiger partial charge is 0.318 e. The number of piperidine rings is 1. The number of benzene rings is 2. The lowest BCUT2D eigenvalue weighted by Gasteiger charge is -2.46. The van der Waals surface area contributed by atoms with Crippen molar-refractivity contribution in [3.05, 3.63) is 59.7 Å². The van der Waals surface area contributed by atoms with Crippen LogP contribution in [0.3, 0.4) is 0 Å². The first-order valence-corrected chi connectivity index (χ1v) is 9.29. The molecule has 0 spiro atoms. The highest BCUT2D eigenvalue weighted by Gasteiger charge is 2.54. The summed E-state index contributed by atoms with van der Waals surface area (Å²) in [5, 5.41) is 19.3. The third-order valence-corrected chi connectivity index (χ3v) is 5.50. The Morgan fingerprint density at radius 2 is 1.10 bits per heavy atom. The van der Waals surface area contributed by atoms with Gasteiger partial charge in [-0.05, 0) is 42.4 Å². The van der Waals surface area contributed by atoms with Gasteiger partial charge in [0.2, 0.25) is 0 Å². The fraction of sp³-hybridized carbons (Fsp3) is 0.318. The summed E-state index contributed by atoms with van der Waals surface area (Å²) in [6.45, 7) is 0. The van der Waals surface area contributed by atoms with Gasteiger partial charge in [-0.2, -0.15) is 0 Å². The van der Waals surface area contributed by atoms with Crippen LogP contribution in [-0.4, -0.2) is 54.1 Å². The van der Waals surface area contributed by atoms with Gasteiger partial charge in [-0.1, -0.05) is 24.3 Å². The van der Waals surface area contributed by atoms with Crippen LogP contribution in [0.25, 0.3) is 0 Å². The quantitative estimate of drug-likeness (QED) is 0.578. The summed E-state index contributed by atoms with van der Waals surface area (Å²) < 4.78 is 9.76. The highest BCUT2D eigenvalue weighted by molar-refractivity contribution is 6.10. The molecule has 8 nitrogen and oxygen atoms in total. The van der Waals surface area contributed by atoms with E-state index in [2.05, 4.69) is 0 Å². The van der Waals surface area contributed by atoms with E-state index in [0.717, 1.165) is 0 Å². The van der Waals surface area contributed by atoms with E-state index in [-0.39, 0.29) is 11.5 Å². The lowest BCUT2D eigenvalue weighted by Crippen LogP contribution is -2.54. The molecule has 2 aromatic rings. The van der Waals surface area contributed by atoms with Crippen molar-refractivity contribution in [2.24, 2.45) is 11.8 Å². The topological polar surface area (TPSA) is 113 Å². The second kappa shape index (κ2) is 8.54. The highest BCUT2D eigenvalue weighted by Crippen LogP contribution is 2.46. The van der Waals surface area contributed by atoms with Gasteiger partial charge in [0.1, 0.15) is 23.3 Å². The molecule has 4 atom stereocenters. The van der Waals surface area contributed by atoms with Gasteiger partial charge < -0.3 is 19.7 Å². The Bertz CT molecular complexity index is 863. The number of aromatic hydroxyl groups is 2. The minimum Gasteiger partial charge on any atom is -0.508 e. The van der Waals surface area contributed by atoms with Crippen LogP contribution in [0.4, 0.5) is 0 Å². The zero-order chi connectivity index (χ0) is 22.0. The van der Waals surface area contributed by atoms with Gasteiger partial charge in [-0.25, -0.2) is 0 Å². The number of phenols is 2. The molecule has 3 rings (SSSR count). The summed E-state index contributed by atoms with van der Waals surface area (Å²) in [5.74, 6) is -4.57. The summed E-state index contributed by atoms with van der Waals surface area (Å²) in [4.78, 5) is 40.4. The number of Topliss-reactive ketones (excluding diaryl/α,β-unsaturated/α-hetero) is 1. The van der Waals surface area contributed by atoms with Gasteiger partial charge in [-0.15, -0.1) is 0 Å². The SMILES string of the molecule is COC(=O)C1C(=O)C(C(=O)OC)C(c2ccc(O)cc2)N(C)C1c1ccc(O)cc1. The molecule has 0 radical (unpaired) electrons. The third-order valence-electron chi connectivity index (χ3n) is 5.50. The minimum atomic E-state index is -1.26. The third kappa shape index (κ3) is 3.73. The van der Waals surface area contributed by atoms with E-state index < -0.39 is 41.6 Å². The number of phenolic OH excluding ortho intramolecular Hbond substituents is 2. The number of hydrogen-bond donors (Lipinski definition) is 2. The van der Waals surface area contributed by atoms with E-state index in [1.807, 2.05) is 0 Å². The van der Waals surface area contributed by atoms with Crippen molar-refractivity contribution < 1.29 is 34.1 Å². The monoisotopic (exact) mass is 413 g/mol. The van der Waals surface area contributed by atoms with Crippen molar-refractivity contribution in [1.29, 1.82) is 0 Å². The van der Waals surface area contributed by atoms with Gasteiger partial charge in [0, 0.05) is 0 Å². The second-order valence-corrected chi connectivity index (χ2v) is 7.14. The molecule has 2 aromatic carbocycles. The van der Waals surface area contributed by atoms with Crippen LogP contribution in [0.1, 0.15) is 23.2 Å². The largest absolute Gasteiger partial charge is 0.508 e. The number of hydrogen-bond acceptors (Lipinski definition) is 8. The number of ketones is 1. The van der Waals surface area contributed by atoms with Crippen molar-refractivity contribution >= 4 is 17.7 Å². The first kappa shape index (κ1) is 21.3. The molecule has 1 fully saturated rings. The molecule has 2 N–H and O–H groups in total. The van der Waals surface area contributed by atoms with E-state index in [1.165, 1.54) is 38.5 Å². The van der Waals surface area contributed by atoms with Gasteiger partial charge in [0.05, 0.1) is 26.3 Å². The van der Waals surface area contributed by atoms with Crippen LogP contribution in [0.2, 0.25) is 0 Å². The summed E-state index contributed by atoms with van der Waals surface area (Å²) >= 11 is 0. The maximum atomic E-state index is 13.4. The van der Waals surface area contributed by atoms with Crippen LogP contribution in [-0.2, 0) is 23.9 Å². The Kier molecular flexibility index (Phi) is 6.07. The van der Waals surface area contributed by atoms with Crippen LogP contribution in [0.5, 0.6) is 11.5 Å². The molecule has 0 saturated carbocycles. The fourth-order valence-electron chi connectivity index (χ4n) is 4.09. The predicted molar refractivity (Wildman–Crippen MR) is 105 cm³/mol. The van der Waals surface area contributed by atoms with E-state index in [4.69, 9.17) is 9.47 Å². The molecule has 0 aliphatic carbocycles.